The van der Waals surface area contributed by atoms with Gasteiger partial charge in [0.15, 0.2) is 5.82 Å². The minimum absolute atomic E-state index is 0.430. The molecular weight excluding hydrogens is 287 g/mol. The Kier molecular flexibility index (Phi) is 5.01. The molecule has 1 aliphatic rings. The molecule has 0 aromatic carbocycles. The zero-order chi connectivity index (χ0) is 13.9. The summed E-state index contributed by atoms with van der Waals surface area (Å²) in [5.74, 6) is 0.563. The van der Waals surface area contributed by atoms with Gasteiger partial charge < -0.3 is 9.47 Å². The zero-order valence-electron chi connectivity index (χ0n) is 11.2. The maximum atomic E-state index is 6.23. The van der Waals surface area contributed by atoms with Crippen molar-refractivity contribution in [1.29, 1.82) is 0 Å². The van der Waals surface area contributed by atoms with Crippen molar-refractivity contribution >= 4 is 23.2 Å². The van der Waals surface area contributed by atoms with Gasteiger partial charge >= 0.3 is 0 Å². The van der Waals surface area contributed by atoms with Gasteiger partial charge in [0.2, 0.25) is 0 Å². The number of halogens is 2. The Bertz CT molecular complexity index is 425. The summed E-state index contributed by atoms with van der Waals surface area (Å²) in [7, 11) is 1.66. The fourth-order valence-corrected chi connectivity index (χ4v) is 2.89. The highest BCUT2D eigenvalue weighted by Gasteiger charge is 2.38. The quantitative estimate of drug-likeness (QED) is 0.800. The van der Waals surface area contributed by atoms with Gasteiger partial charge in [0.25, 0.3) is 0 Å². The summed E-state index contributed by atoms with van der Waals surface area (Å²) in [5, 5.41) is 0.861. The van der Waals surface area contributed by atoms with Gasteiger partial charge in [-0.2, -0.15) is 0 Å². The Labute approximate surface area is 123 Å². The summed E-state index contributed by atoms with van der Waals surface area (Å²) in [5.41, 5.74) is 0.281. The molecule has 19 heavy (non-hydrogen) atoms. The van der Waals surface area contributed by atoms with Crippen LogP contribution in [0.5, 0.6) is 0 Å². The second-order valence-electron chi connectivity index (χ2n) is 4.67. The molecule has 1 aliphatic heterocycles. The highest BCUT2D eigenvalue weighted by Crippen LogP contribution is 2.35. The minimum atomic E-state index is -0.531. The van der Waals surface area contributed by atoms with Crippen LogP contribution < -0.4 is 0 Å². The van der Waals surface area contributed by atoms with Crippen molar-refractivity contribution in [1.82, 2.24) is 9.97 Å². The van der Waals surface area contributed by atoms with Crippen molar-refractivity contribution in [2.45, 2.75) is 38.2 Å². The van der Waals surface area contributed by atoms with Gasteiger partial charge in [0.05, 0.1) is 0 Å². The smallest absolute Gasteiger partial charge is 0.163 e. The molecule has 2 heterocycles. The van der Waals surface area contributed by atoms with Crippen LogP contribution in [0.15, 0.2) is 0 Å². The fraction of sp³-hybridized carbons (Fsp3) is 0.692. The first kappa shape index (κ1) is 15.0. The number of hydrogen-bond donors (Lipinski definition) is 0. The summed E-state index contributed by atoms with van der Waals surface area (Å²) in [6.45, 7) is 3.32. The molecule has 0 radical (unpaired) electrons. The summed E-state index contributed by atoms with van der Waals surface area (Å²) in [6, 6.07) is 0. The van der Waals surface area contributed by atoms with E-state index >= 15 is 0 Å². The van der Waals surface area contributed by atoms with Gasteiger partial charge in [0.1, 0.15) is 15.9 Å². The van der Waals surface area contributed by atoms with Crippen LogP contribution in [0, 0.1) is 0 Å². The number of ether oxygens (including phenoxy) is 2. The molecule has 2 rings (SSSR count). The Balaban J connectivity index is 2.39. The second-order valence-corrected chi connectivity index (χ2v) is 5.38. The van der Waals surface area contributed by atoms with Crippen molar-refractivity contribution in [2.75, 3.05) is 20.3 Å². The molecule has 0 spiro atoms. The summed E-state index contributed by atoms with van der Waals surface area (Å²) >= 11 is 12.5. The lowest BCUT2D eigenvalue weighted by molar-refractivity contribution is -0.1000. The molecule has 0 N–H and O–H groups in total. The van der Waals surface area contributed by atoms with Crippen LogP contribution in [0.2, 0.25) is 10.3 Å². The van der Waals surface area contributed by atoms with Crippen molar-refractivity contribution in [2.24, 2.45) is 0 Å². The minimum Gasteiger partial charge on any atom is -0.381 e. The van der Waals surface area contributed by atoms with E-state index in [1.54, 1.807) is 7.11 Å². The highest BCUT2D eigenvalue weighted by molar-refractivity contribution is 6.34. The fourth-order valence-electron chi connectivity index (χ4n) is 2.31. The van der Waals surface area contributed by atoms with E-state index in [0.29, 0.717) is 42.2 Å². The molecule has 0 amide bonds. The molecule has 0 aliphatic carbocycles. The van der Waals surface area contributed by atoms with Gasteiger partial charge in [-0.15, -0.1) is 0 Å². The largest absolute Gasteiger partial charge is 0.381 e. The third kappa shape index (κ3) is 3.02. The molecule has 0 saturated carbocycles. The Hall–Kier alpha value is -0.420. The SMILES string of the molecule is CCCc1c(Cl)nc(C2(OC)CCOCC2)nc1Cl. The van der Waals surface area contributed by atoms with Crippen molar-refractivity contribution < 1.29 is 9.47 Å². The predicted molar refractivity (Wildman–Crippen MR) is 74.8 cm³/mol. The third-order valence-electron chi connectivity index (χ3n) is 3.50. The molecule has 1 aromatic heterocycles. The van der Waals surface area contributed by atoms with E-state index in [9.17, 15) is 0 Å². The Morgan fingerprint density at radius 1 is 1.21 bits per heavy atom. The van der Waals surface area contributed by atoms with E-state index in [1.807, 2.05) is 0 Å². The molecule has 4 nitrogen and oxygen atoms in total. The number of methoxy groups -OCH3 is 1. The standard InChI is InChI=1S/C13H18Cl2N2O2/c1-3-4-9-10(14)16-12(17-11(9)15)13(18-2)5-7-19-8-6-13/h3-8H2,1-2H3. The van der Waals surface area contributed by atoms with Crippen LogP contribution in [0.4, 0.5) is 0 Å². The van der Waals surface area contributed by atoms with Crippen LogP contribution in [-0.2, 0) is 21.5 Å². The van der Waals surface area contributed by atoms with E-state index in [0.717, 1.165) is 18.4 Å². The lowest BCUT2D eigenvalue weighted by Crippen LogP contribution is -2.37. The average molecular weight is 305 g/mol. The van der Waals surface area contributed by atoms with Crippen molar-refractivity contribution in [3.8, 4) is 0 Å². The maximum Gasteiger partial charge on any atom is 0.163 e. The molecule has 6 heteroatoms. The van der Waals surface area contributed by atoms with Gasteiger partial charge in [-0.1, -0.05) is 36.5 Å². The molecule has 106 valence electrons. The lowest BCUT2D eigenvalue weighted by Gasteiger charge is -2.34. The van der Waals surface area contributed by atoms with Gasteiger partial charge in [0, 0.05) is 38.7 Å². The first-order chi connectivity index (χ1) is 9.13. The lowest BCUT2D eigenvalue weighted by atomic mass is 9.93. The summed E-state index contributed by atoms with van der Waals surface area (Å²) in [6.07, 6.45) is 3.15. The number of aromatic nitrogens is 2. The molecule has 0 unspecified atom stereocenters. The monoisotopic (exact) mass is 304 g/mol. The number of rotatable bonds is 4. The Morgan fingerprint density at radius 3 is 2.26 bits per heavy atom. The van der Waals surface area contributed by atoms with Crippen LogP contribution in [0.3, 0.4) is 0 Å². The number of hydrogen-bond acceptors (Lipinski definition) is 4. The summed E-state index contributed by atoms with van der Waals surface area (Å²) in [4.78, 5) is 8.82. The Morgan fingerprint density at radius 2 is 1.79 bits per heavy atom. The third-order valence-corrected chi connectivity index (χ3v) is 4.13. The zero-order valence-corrected chi connectivity index (χ0v) is 12.7. The van der Waals surface area contributed by atoms with E-state index in [-0.39, 0.29) is 0 Å². The van der Waals surface area contributed by atoms with Gasteiger partial charge in [-0.25, -0.2) is 9.97 Å². The van der Waals surface area contributed by atoms with Crippen LogP contribution in [0.25, 0.3) is 0 Å². The van der Waals surface area contributed by atoms with Crippen LogP contribution in [-0.4, -0.2) is 30.3 Å². The van der Waals surface area contributed by atoms with E-state index < -0.39 is 5.60 Å². The molecule has 1 aromatic rings. The van der Waals surface area contributed by atoms with Crippen molar-refractivity contribution in [3.05, 3.63) is 21.7 Å². The molecule has 0 atom stereocenters. The first-order valence-corrected chi connectivity index (χ1v) is 7.24. The molecule has 1 fully saturated rings. The molecule has 1 saturated heterocycles. The predicted octanol–water partition coefficient (Wildman–Crippen LogP) is 3.39. The molecule has 0 bridgehead atoms. The van der Waals surface area contributed by atoms with Crippen LogP contribution in [0.1, 0.15) is 37.6 Å². The van der Waals surface area contributed by atoms with Gasteiger partial charge in [-0.3, -0.25) is 0 Å². The van der Waals surface area contributed by atoms with Crippen molar-refractivity contribution in [3.63, 3.8) is 0 Å². The molecular formula is C13H18Cl2N2O2. The second kappa shape index (κ2) is 6.35. The summed E-state index contributed by atoms with van der Waals surface area (Å²) < 4.78 is 11.0. The maximum absolute atomic E-state index is 6.23. The average Bonchev–Trinajstić information content (AvgIpc) is 2.43. The van der Waals surface area contributed by atoms with E-state index in [1.165, 1.54) is 0 Å². The van der Waals surface area contributed by atoms with E-state index in [4.69, 9.17) is 32.7 Å². The van der Waals surface area contributed by atoms with Crippen LogP contribution >= 0.6 is 23.2 Å². The number of nitrogens with zero attached hydrogens (tertiary/aromatic N) is 2. The topological polar surface area (TPSA) is 44.2 Å². The highest BCUT2D eigenvalue weighted by atomic mass is 35.5. The normalized spacial score (nSPS) is 18.5. The first-order valence-electron chi connectivity index (χ1n) is 6.48. The van der Waals surface area contributed by atoms with Gasteiger partial charge in [-0.05, 0) is 6.42 Å². The van der Waals surface area contributed by atoms with E-state index in [2.05, 4.69) is 16.9 Å².